The van der Waals surface area contributed by atoms with Crippen LogP contribution in [0.3, 0.4) is 0 Å². The highest BCUT2D eigenvalue weighted by atomic mass is 16.5. The molecule has 7 nitrogen and oxygen atoms in total. The first kappa shape index (κ1) is 21.8. The molecule has 1 N–H and O–H groups in total. The largest absolute Gasteiger partial charge is 0.497 e. The smallest absolute Gasteiger partial charge is 0.287 e. The minimum absolute atomic E-state index is 0.0282. The number of benzene rings is 2. The Morgan fingerprint density at radius 1 is 1.06 bits per heavy atom. The maximum atomic E-state index is 12.5. The molecule has 0 aliphatic carbocycles. The number of nitrogens with zero attached hydrogens (tertiary/aromatic N) is 1. The van der Waals surface area contributed by atoms with Crippen LogP contribution >= 0.6 is 0 Å². The first-order valence-electron chi connectivity index (χ1n) is 10.6. The summed E-state index contributed by atoms with van der Waals surface area (Å²) < 4.78 is 21.6. The number of hydrogen-bond acceptors (Lipinski definition) is 6. The van der Waals surface area contributed by atoms with Crippen molar-refractivity contribution in [2.24, 2.45) is 0 Å². The van der Waals surface area contributed by atoms with Gasteiger partial charge in [-0.3, -0.25) is 9.69 Å². The van der Waals surface area contributed by atoms with Gasteiger partial charge >= 0.3 is 0 Å². The highest BCUT2D eigenvalue weighted by Crippen LogP contribution is 2.38. The van der Waals surface area contributed by atoms with Crippen molar-refractivity contribution in [1.29, 1.82) is 0 Å². The second kappa shape index (κ2) is 9.78. The van der Waals surface area contributed by atoms with E-state index in [9.17, 15) is 4.79 Å². The van der Waals surface area contributed by atoms with E-state index in [-0.39, 0.29) is 11.9 Å². The van der Waals surface area contributed by atoms with Gasteiger partial charge in [0.25, 0.3) is 5.91 Å². The summed E-state index contributed by atoms with van der Waals surface area (Å²) in [5.74, 6) is 2.30. The Balaban J connectivity index is 1.61. The Bertz CT molecular complexity index is 1050. The molecule has 2 aromatic carbocycles. The van der Waals surface area contributed by atoms with Gasteiger partial charge < -0.3 is 23.9 Å². The molecule has 1 aliphatic heterocycles. The number of nitrogens with one attached hydrogen (secondary N) is 1. The molecule has 2 heterocycles. The van der Waals surface area contributed by atoms with Crippen molar-refractivity contribution >= 4 is 5.91 Å². The van der Waals surface area contributed by atoms with Gasteiger partial charge in [0.2, 0.25) is 0 Å². The van der Waals surface area contributed by atoms with E-state index in [0.717, 1.165) is 30.8 Å². The first-order valence-corrected chi connectivity index (χ1v) is 10.6. The van der Waals surface area contributed by atoms with E-state index in [1.165, 1.54) is 17.4 Å². The lowest BCUT2D eigenvalue weighted by Crippen LogP contribution is -2.41. The van der Waals surface area contributed by atoms with Gasteiger partial charge in [-0.05, 0) is 59.5 Å². The van der Waals surface area contributed by atoms with Gasteiger partial charge in [0, 0.05) is 19.6 Å². The van der Waals surface area contributed by atoms with Crippen molar-refractivity contribution in [3.8, 4) is 17.2 Å². The minimum atomic E-state index is -0.230. The maximum Gasteiger partial charge on any atom is 0.287 e. The number of methoxy groups -OCH3 is 3. The SMILES string of the molecule is COc1ccc(CN2CCc3cc(OC)c(OC)cc3C2CNC(=O)c2ccco2)cc1. The lowest BCUT2D eigenvalue weighted by atomic mass is 9.91. The molecule has 7 heteroatoms. The van der Waals surface area contributed by atoms with Crippen LogP contribution in [-0.4, -0.2) is 45.2 Å². The van der Waals surface area contributed by atoms with Crippen molar-refractivity contribution in [1.82, 2.24) is 10.2 Å². The van der Waals surface area contributed by atoms with E-state index >= 15 is 0 Å². The molecular weight excluding hydrogens is 408 g/mol. The molecule has 0 spiro atoms. The monoisotopic (exact) mass is 436 g/mol. The summed E-state index contributed by atoms with van der Waals surface area (Å²) in [7, 11) is 4.94. The predicted octanol–water partition coefficient (Wildman–Crippen LogP) is 3.83. The molecule has 0 saturated heterocycles. The minimum Gasteiger partial charge on any atom is -0.497 e. The molecule has 3 aromatic rings. The highest BCUT2D eigenvalue weighted by Gasteiger charge is 2.30. The lowest BCUT2D eigenvalue weighted by molar-refractivity contribution is 0.0898. The number of fused-ring (bicyclic) bond motifs is 1. The van der Waals surface area contributed by atoms with Gasteiger partial charge in [-0.25, -0.2) is 0 Å². The Morgan fingerprint density at radius 3 is 2.47 bits per heavy atom. The van der Waals surface area contributed by atoms with Crippen LogP contribution in [0.15, 0.2) is 59.2 Å². The molecule has 0 radical (unpaired) electrons. The van der Waals surface area contributed by atoms with Gasteiger partial charge in [-0.15, -0.1) is 0 Å². The van der Waals surface area contributed by atoms with E-state index in [1.54, 1.807) is 33.5 Å². The number of hydrogen-bond donors (Lipinski definition) is 1. The second-order valence-corrected chi connectivity index (χ2v) is 7.68. The number of rotatable bonds is 8. The standard InChI is InChI=1S/C25H28N2O5/c1-29-19-8-6-17(7-9-19)16-27-11-10-18-13-23(30-2)24(31-3)14-20(18)21(27)15-26-25(28)22-5-4-12-32-22/h4-9,12-14,21H,10-11,15-16H2,1-3H3,(H,26,28). The van der Waals surface area contributed by atoms with Crippen molar-refractivity contribution in [3.63, 3.8) is 0 Å². The van der Waals surface area contributed by atoms with Crippen molar-refractivity contribution in [2.75, 3.05) is 34.4 Å². The summed E-state index contributed by atoms with van der Waals surface area (Å²) in [6.45, 7) is 2.05. The fraction of sp³-hybridized carbons (Fsp3) is 0.320. The van der Waals surface area contributed by atoms with Crippen molar-refractivity contribution < 1.29 is 23.4 Å². The summed E-state index contributed by atoms with van der Waals surface area (Å²) in [5, 5.41) is 3.03. The number of furan rings is 1. The quantitative estimate of drug-likeness (QED) is 0.579. The fourth-order valence-corrected chi connectivity index (χ4v) is 4.16. The van der Waals surface area contributed by atoms with Crippen LogP contribution < -0.4 is 19.5 Å². The average molecular weight is 437 g/mol. The summed E-state index contributed by atoms with van der Waals surface area (Å²) in [5.41, 5.74) is 3.50. The molecule has 32 heavy (non-hydrogen) atoms. The van der Waals surface area contributed by atoms with E-state index < -0.39 is 0 Å². The third-order valence-corrected chi connectivity index (χ3v) is 5.86. The van der Waals surface area contributed by atoms with Crippen LogP contribution in [0.2, 0.25) is 0 Å². The topological polar surface area (TPSA) is 73.2 Å². The van der Waals surface area contributed by atoms with Crippen LogP contribution in [0, 0.1) is 0 Å². The third-order valence-electron chi connectivity index (χ3n) is 5.86. The van der Waals surface area contributed by atoms with Crippen LogP contribution in [0.1, 0.15) is 33.3 Å². The summed E-state index contributed by atoms with van der Waals surface area (Å²) in [4.78, 5) is 14.9. The molecule has 4 rings (SSSR count). The van der Waals surface area contributed by atoms with E-state index in [2.05, 4.69) is 22.3 Å². The fourth-order valence-electron chi connectivity index (χ4n) is 4.16. The summed E-state index contributed by atoms with van der Waals surface area (Å²) >= 11 is 0. The van der Waals surface area contributed by atoms with Gasteiger partial charge in [-0.1, -0.05) is 12.1 Å². The molecule has 1 aromatic heterocycles. The van der Waals surface area contributed by atoms with Crippen LogP contribution in [0.25, 0.3) is 0 Å². The van der Waals surface area contributed by atoms with Crippen LogP contribution in [-0.2, 0) is 13.0 Å². The summed E-state index contributed by atoms with van der Waals surface area (Å²) in [6, 6.07) is 15.5. The Morgan fingerprint density at radius 2 is 1.81 bits per heavy atom. The Kier molecular flexibility index (Phi) is 6.66. The number of carbonyl (C=O) groups is 1. The highest BCUT2D eigenvalue weighted by molar-refractivity contribution is 5.91. The second-order valence-electron chi connectivity index (χ2n) is 7.68. The molecule has 1 aliphatic rings. The van der Waals surface area contributed by atoms with E-state index in [4.69, 9.17) is 18.6 Å². The molecule has 1 amide bonds. The van der Waals surface area contributed by atoms with Crippen LogP contribution in [0.4, 0.5) is 0 Å². The molecule has 0 bridgehead atoms. The van der Waals surface area contributed by atoms with Gasteiger partial charge in [0.1, 0.15) is 5.75 Å². The molecule has 1 atom stereocenters. The summed E-state index contributed by atoms with van der Waals surface area (Å²) in [6.07, 6.45) is 2.38. The average Bonchev–Trinajstić information content (AvgIpc) is 3.38. The third kappa shape index (κ3) is 4.57. The number of carbonyl (C=O) groups excluding carboxylic acids is 1. The Hall–Kier alpha value is -3.45. The van der Waals surface area contributed by atoms with Gasteiger partial charge in [0.05, 0.1) is 33.6 Å². The first-order chi connectivity index (χ1) is 15.6. The molecule has 1 unspecified atom stereocenters. The predicted molar refractivity (Wildman–Crippen MR) is 120 cm³/mol. The lowest BCUT2D eigenvalue weighted by Gasteiger charge is -2.38. The zero-order valence-electron chi connectivity index (χ0n) is 18.6. The molecular formula is C25H28N2O5. The van der Waals surface area contributed by atoms with Crippen LogP contribution in [0.5, 0.6) is 17.2 Å². The molecule has 0 saturated carbocycles. The zero-order chi connectivity index (χ0) is 22.5. The normalized spacial score (nSPS) is 15.7. The molecule has 0 fully saturated rings. The Labute approximate surface area is 187 Å². The number of amides is 1. The van der Waals surface area contributed by atoms with E-state index in [0.29, 0.717) is 23.8 Å². The van der Waals surface area contributed by atoms with E-state index in [1.807, 2.05) is 24.3 Å². The van der Waals surface area contributed by atoms with Crippen molar-refractivity contribution in [2.45, 2.75) is 19.0 Å². The zero-order valence-corrected chi connectivity index (χ0v) is 18.6. The molecule has 168 valence electrons. The van der Waals surface area contributed by atoms with Gasteiger partial charge in [0.15, 0.2) is 17.3 Å². The maximum absolute atomic E-state index is 12.5. The number of ether oxygens (including phenoxy) is 3. The van der Waals surface area contributed by atoms with Gasteiger partial charge in [-0.2, -0.15) is 0 Å². The van der Waals surface area contributed by atoms with Crippen molar-refractivity contribution in [3.05, 3.63) is 77.2 Å².